The Morgan fingerprint density at radius 1 is 1.69 bits per heavy atom. The van der Waals surface area contributed by atoms with Gasteiger partial charge in [0, 0.05) is 20.1 Å². The van der Waals surface area contributed by atoms with Crippen molar-refractivity contribution in [2.75, 3.05) is 20.1 Å². The summed E-state index contributed by atoms with van der Waals surface area (Å²) in [5, 5.41) is 5.06. The Morgan fingerprint density at radius 2 is 2.31 bits per heavy atom. The first kappa shape index (κ1) is 12.0. The van der Waals surface area contributed by atoms with E-state index in [0.29, 0.717) is 13.1 Å². The molecule has 5 nitrogen and oxygen atoms in total. The predicted octanol–water partition coefficient (Wildman–Crippen LogP) is -0.432. The maximum absolute atomic E-state index is 11.4. The number of halogens is 1. The molecule has 0 aliphatic carbocycles. The summed E-state index contributed by atoms with van der Waals surface area (Å²) in [6, 6.07) is -0.652. The Labute approximate surface area is 83.3 Å². The maximum Gasteiger partial charge on any atom is 0.315 e. The number of carbonyl (C=O) groups is 2. The van der Waals surface area contributed by atoms with Crippen molar-refractivity contribution in [3.8, 4) is 0 Å². The minimum Gasteiger partial charge on any atom is -0.344 e. The molecule has 1 atom stereocenters. The Hall–Kier alpha value is -0.970. The van der Waals surface area contributed by atoms with Crippen molar-refractivity contribution in [3.05, 3.63) is 0 Å². The summed E-state index contributed by atoms with van der Waals surface area (Å²) < 4.78 is 0. The van der Waals surface area contributed by atoms with Gasteiger partial charge in [0.25, 0.3) is 0 Å². The van der Waals surface area contributed by atoms with Crippen molar-refractivity contribution >= 4 is 24.3 Å². The molecule has 0 bridgehead atoms. The second-order valence-electron chi connectivity index (χ2n) is 2.76. The molecule has 1 fully saturated rings. The van der Waals surface area contributed by atoms with E-state index in [1.54, 1.807) is 11.9 Å². The van der Waals surface area contributed by atoms with Crippen LogP contribution in [0.3, 0.4) is 0 Å². The lowest BCUT2D eigenvalue weighted by atomic mass is 10.3. The Kier molecular flexibility index (Phi) is 4.55. The van der Waals surface area contributed by atoms with E-state index in [0.717, 1.165) is 0 Å². The van der Waals surface area contributed by atoms with Crippen molar-refractivity contribution in [3.63, 3.8) is 0 Å². The van der Waals surface area contributed by atoms with Crippen LogP contribution in [0.15, 0.2) is 0 Å². The second kappa shape index (κ2) is 4.91. The summed E-state index contributed by atoms with van der Waals surface area (Å²) in [7, 11) is 1.72. The standard InChI is InChI=1S/C7H13N3O2.ClH/c1-3-10(2)6(11)5-4-8-7(12)9-5;/h5H,3-4H2,1-2H3,(H2,8,9,12);1H. The molecule has 1 unspecified atom stereocenters. The van der Waals surface area contributed by atoms with Gasteiger partial charge in [-0.1, -0.05) is 0 Å². The van der Waals surface area contributed by atoms with E-state index in [1.807, 2.05) is 6.92 Å². The molecular formula is C7H14ClN3O2. The second-order valence-corrected chi connectivity index (χ2v) is 2.76. The topological polar surface area (TPSA) is 61.4 Å². The van der Waals surface area contributed by atoms with Gasteiger partial charge < -0.3 is 15.5 Å². The molecule has 2 N–H and O–H groups in total. The zero-order valence-electron chi connectivity index (χ0n) is 7.66. The van der Waals surface area contributed by atoms with Crippen molar-refractivity contribution in [1.29, 1.82) is 0 Å². The minimum atomic E-state index is -0.387. The van der Waals surface area contributed by atoms with Crippen LogP contribution in [-0.4, -0.2) is 43.0 Å². The summed E-state index contributed by atoms with van der Waals surface area (Å²) in [5.74, 6) is -0.0455. The molecule has 13 heavy (non-hydrogen) atoms. The molecule has 0 saturated carbocycles. The minimum absolute atomic E-state index is 0. The van der Waals surface area contributed by atoms with Crippen LogP contribution in [0.2, 0.25) is 0 Å². The molecule has 0 aromatic rings. The van der Waals surface area contributed by atoms with E-state index < -0.39 is 0 Å². The molecule has 6 heteroatoms. The van der Waals surface area contributed by atoms with E-state index in [-0.39, 0.29) is 30.4 Å². The molecule has 1 rings (SSSR count). The SMILES string of the molecule is CCN(C)C(=O)C1CNC(=O)N1.Cl. The number of amides is 3. The van der Waals surface area contributed by atoms with E-state index in [2.05, 4.69) is 10.6 Å². The van der Waals surface area contributed by atoms with Gasteiger partial charge in [-0.25, -0.2) is 4.79 Å². The third-order valence-electron chi connectivity index (χ3n) is 1.92. The van der Waals surface area contributed by atoms with Crippen molar-refractivity contribution in [2.45, 2.75) is 13.0 Å². The summed E-state index contributed by atoms with van der Waals surface area (Å²) >= 11 is 0. The first-order valence-electron chi connectivity index (χ1n) is 3.94. The van der Waals surface area contributed by atoms with Gasteiger partial charge in [0.15, 0.2) is 0 Å². The third kappa shape index (κ3) is 2.77. The van der Waals surface area contributed by atoms with Crippen LogP contribution in [0.25, 0.3) is 0 Å². The van der Waals surface area contributed by atoms with Crippen molar-refractivity contribution in [1.82, 2.24) is 15.5 Å². The zero-order valence-corrected chi connectivity index (χ0v) is 8.48. The Bertz CT molecular complexity index is 210. The molecule has 1 saturated heterocycles. The lowest BCUT2D eigenvalue weighted by molar-refractivity contribution is -0.131. The van der Waals surface area contributed by atoms with Crippen LogP contribution in [0.4, 0.5) is 4.79 Å². The highest BCUT2D eigenvalue weighted by Crippen LogP contribution is 1.95. The molecule has 0 aromatic heterocycles. The van der Waals surface area contributed by atoms with Gasteiger partial charge in [-0.2, -0.15) is 0 Å². The molecule has 1 aliphatic rings. The summed E-state index contributed by atoms with van der Waals surface area (Å²) in [4.78, 5) is 23.7. The fourth-order valence-corrected chi connectivity index (χ4v) is 1.03. The predicted molar refractivity (Wildman–Crippen MR) is 50.9 cm³/mol. The fraction of sp³-hybridized carbons (Fsp3) is 0.714. The summed E-state index contributed by atoms with van der Waals surface area (Å²) in [6.07, 6.45) is 0. The Balaban J connectivity index is 0.00000144. The molecule has 76 valence electrons. The average Bonchev–Trinajstić information content (AvgIpc) is 2.49. The number of carbonyl (C=O) groups excluding carboxylic acids is 2. The van der Waals surface area contributed by atoms with Crippen LogP contribution < -0.4 is 10.6 Å². The maximum atomic E-state index is 11.4. The van der Waals surface area contributed by atoms with E-state index in [9.17, 15) is 9.59 Å². The van der Waals surface area contributed by atoms with Crippen molar-refractivity contribution in [2.24, 2.45) is 0 Å². The normalized spacial score (nSPS) is 19.8. The molecule has 1 aliphatic heterocycles. The quantitative estimate of drug-likeness (QED) is 0.646. The molecule has 3 amide bonds. The van der Waals surface area contributed by atoms with Crippen molar-refractivity contribution < 1.29 is 9.59 Å². The zero-order chi connectivity index (χ0) is 9.14. The van der Waals surface area contributed by atoms with Gasteiger partial charge in [0.1, 0.15) is 6.04 Å². The first-order valence-corrected chi connectivity index (χ1v) is 3.94. The average molecular weight is 208 g/mol. The molecule has 0 radical (unpaired) electrons. The van der Waals surface area contributed by atoms with Gasteiger partial charge in [0.05, 0.1) is 0 Å². The number of nitrogens with one attached hydrogen (secondary N) is 2. The van der Waals surface area contributed by atoms with Gasteiger partial charge >= 0.3 is 6.03 Å². The van der Waals surface area contributed by atoms with E-state index in [4.69, 9.17) is 0 Å². The van der Waals surface area contributed by atoms with E-state index in [1.165, 1.54) is 0 Å². The van der Waals surface area contributed by atoms with Crippen LogP contribution in [-0.2, 0) is 4.79 Å². The van der Waals surface area contributed by atoms with Gasteiger partial charge in [0.2, 0.25) is 5.91 Å². The van der Waals surface area contributed by atoms with Crippen LogP contribution in [0.5, 0.6) is 0 Å². The van der Waals surface area contributed by atoms with E-state index >= 15 is 0 Å². The number of hydrogen-bond acceptors (Lipinski definition) is 2. The van der Waals surface area contributed by atoms with Crippen LogP contribution in [0, 0.1) is 0 Å². The third-order valence-corrected chi connectivity index (χ3v) is 1.92. The molecule has 0 aromatic carbocycles. The number of nitrogens with zero attached hydrogens (tertiary/aromatic N) is 1. The summed E-state index contributed by atoms with van der Waals surface area (Å²) in [5.41, 5.74) is 0. The highest BCUT2D eigenvalue weighted by molar-refractivity contribution is 5.90. The summed E-state index contributed by atoms with van der Waals surface area (Å²) in [6.45, 7) is 2.94. The Morgan fingerprint density at radius 3 is 2.69 bits per heavy atom. The smallest absolute Gasteiger partial charge is 0.315 e. The number of hydrogen-bond donors (Lipinski definition) is 2. The molecule has 0 spiro atoms. The number of rotatable bonds is 2. The molecule has 1 heterocycles. The van der Waals surface area contributed by atoms with Crippen LogP contribution in [0.1, 0.15) is 6.92 Å². The van der Waals surface area contributed by atoms with Crippen LogP contribution >= 0.6 is 12.4 Å². The number of urea groups is 1. The monoisotopic (exact) mass is 207 g/mol. The highest BCUT2D eigenvalue weighted by Gasteiger charge is 2.28. The lowest BCUT2D eigenvalue weighted by Gasteiger charge is -2.17. The first-order chi connectivity index (χ1) is 5.65. The fourth-order valence-electron chi connectivity index (χ4n) is 1.03. The lowest BCUT2D eigenvalue weighted by Crippen LogP contribution is -2.43. The highest BCUT2D eigenvalue weighted by atomic mass is 35.5. The largest absolute Gasteiger partial charge is 0.344 e. The van der Waals surface area contributed by atoms with Gasteiger partial charge in [-0.05, 0) is 6.92 Å². The number of likely N-dealkylation sites (N-methyl/N-ethyl adjacent to an activating group) is 1. The van der Waals surface area contributed by atoms with Gasteiger partial charge in [-0.15, -0.1) is 12.4 Å². The van der Waals surface area contributed by atoms with Gasteiger partial charge in [-0.3, -0.25) is 4.79 Å². The molecular weight excluding hydrogens is 194 g/mol.